The van der Waals surface area contributed by atoms with Gasteiger partial charge in [0.05, 0.1) is 16.8 Å². The van der Waals surface area contributed by atoms with Crippen LogP contribution in [-0.4, -0.2) is 5.11 Å². The van der Waals surface area contributed by atoms with Crippen molar-refractivity contribution in [2.45, 2.75) is 25.7 Å². The molecule has 0 aliphatic carbocycles. The Morgan fingerprint density at radius 3 is 2.00 bits per heavy atom. The van der Waals surface area contributed by atoms with Crippen LogP contribution in [0.2, 0.25) is 0 Å². The Balaban J connectivity index is 2.26. The summed E-state index contributed by atoms with van der Waals surface area (Å²) in [5, 5.41) is 4.61. The largest absolute Gasteiger partial charge is 0.418 e. The summed E-state index contributed by atoms with van der Waals surface area (Å²) in [6.07, 6.45) is -8.79. The van der Waals surface area contributed by atoms with Gasteiger partial charge in [0.1, 0.15) is 0 Å². The molecule has 0 unspecified atom stereocenters. The van der Waals surface area contributed by atoms with E-state index in [1.807, 2.05) is 6.92 Å². The van der Waals surface area contributed by atoms with Crippen LogP contribution in [-0.2, 0) is 18.8 Å². The zero-order valence-corrected chi connectivity index (χ0v) is 14.2. The Hall–Kier alpha value is -2.29. The minimum atomic E-state index is -4.83. The first-order valence-corrected chi connectivity index (χ1v) is 7.87. The first-order valence-electron chi connectivity index (χ1n) is 7.46. The molecule has 0 aliphatic heterocycles. The van der Waals surface area contributed by atoms with E-state index in [0.717, 1.165) is 12.0 Å². The molecule has 2 N–H and O–H groups in total. The minimum Gasteiger partial charge on any atom is -0.332 e. The lowest BCUT2D eigenvalue weighted by molar-refractivity contribution is -0.140. The molecule has 0 saturated carbocycles. The Bertz CT molecular complexity index is 781. The van der Waals surface area contributed by atoms with Crippen LogP contribution in [0.3, 0.4) is 0 Å². The van der Waals surface area contributed by atoms with Gasteiger partial charge in [0, 0.05) is 5.69 Å². The lowest BCUT2D eigenvalue weighted by atomic mass is 10.1. The van der Waals surface area contributed by atoms with Crippen LogP contribution in [0, 0.1) is 0 Å². The number of aryl methyl sites for hydroxylation is 1. The number of nitrogens with one attached hydrogen (secondary N) is 2. The van der Waals surface area contributed by atoms with Gasteiger partial charge in [-0.2, -0.15) is 26.3 Å². The molecule has 2 nitrogen and oxygen atoms in total. The fraction of sp³-hybridized carbons (Fsp3) is 0.235. The maximum atomic E-state index is 13.1. The molecule has 140 valence electrons. The topological polar surface area (TPSA) is 24.1 Å². The van der Waals surface area contributed by atoms with Crippen molar-refractivity contribution in [1.29, 1.82) is 0 Å². The summed E-state index contributed by atoms with van der Waals surface area (Å²) < 4.78 is 77.5. The van der Waals surface area contributed by atoms with Crippen molar-refractivity contribution < 1.29 is 26.3 Å². The highest BCUT2D eigenvalue weighted by molar-refractivity contribution is 7.80. The van der Waals surface area contributed by atoms with Crippen molar-refractivity contribution in [3.8, 4) is 0 Å². The molecule has 0 saturated heterocycles. The fourth-order valence-electron chi connectivity index (χ4n) is 2.18. The van der Waals surface area contributed by atoms with Crippen molar-refractivity contribution in [3.05, 3.63) is 59.2 Å². The molecule has 9 heteroatoms. The highest BCUT2D eigenvalue weighted by Gasteiger charge is 2.37. The number of rotatable bonds is 3. The van der Waals surface area contributed by atoms with E-state index in [4.69, 9.17) is 12.2 Å². The van der Waals surface area contributed by atoms with E-state index in [1.54, 1.807) is 24.3 Å². The molecule has 0 atom stereocenters. The fourth-order valence-corrected chi connectivity index (χ4v) is 2.41. The number of thiocarbonyl (C=S) groups is 1. The Morgan fingerprint density at radius 1 is 0.885 bits per heavy atom. The molecule has 0 bridgehead atoms. The zero-order chi connectivity index (χ0) is 19.5. The van der Waals surface area contributed by atoms with E-state index in [2.05, 4.69) is 10.6 Å². The Kier molecular flexibility index (Phi) is 5.80. The summed E-state index contributed by atoms with van der Waals surface area (Å²) >= 11 is 4.93. The van der Waals surface area contributed by atoms with Crippen LogP contribution in [0.4, 0.5) is 37.7 Å². The zero-order valence-electron chi connectivity index (χ0n) is 13.4. The average Bonchev–Trinajstić information content (AvgIpc) is 2.53. The average molecular weight is 392 g/mol. The standard InChI is InChI=1S/C17H14F6N2S/c1-2-10-3-6-12(7-4-10)24-15(26)25-14-9-11(16(18,19)20)5-8-13(14)17(21,22)23/h3-9H,2H2,1H3,(H2,24,25,26). The summed E-state index contributed by atoms with van der Waals surface area (Å²) in [4.78, 5) is 0. The molecule has 2 rings (SSSR count). The van der Waals surface area contributed by atoms with Gasteiger partial charge >= 0.3 is 12.4 Å². The lowest BCUT2D eigenvalue weighted by Gasteiger charge is -2.18. The van der Waals surface area contributed by atoms with Crippen molar-refractivity contribution >= 4 is 28.7 Å². The van der Waals surface area contributed by atoms with Crippen molar-refractivity contribution in [2.75, 3.05) is 10.6 Å². The molecular formula is C17H14F6N2S. The van der Waals surface area contributed by atoms with E-state index in [1.165, 1.54) is 0 Å². The molecule has 0 spiro atoms. The maximum Gasteiger partial charge on any atom is 0.418 e. The third-order valence-electron chi connectivity index (χ3n) is 3.52. The van der Waals surface area contributed by atoms with Gasteiger partial charge in [-0.3, -0.25) is 0 Å². The molecule has 26 heavy (non-hydrogen) atoms. The third kappa shape index (κ3) is 5.10. The van der Waals surface area contributed by atoms with Crippen molar-refractivity contribution in [3.63, 3.8) is 0 Å². The number of hydrogen-bond donors (Lipinski definition) is 2. The minimum absolute atomic E-state index is 0.251. The number of halogens is 6. The van der Waals surface area contributed by atoms with Crippen LogP contribution < -0.4 is 10.6 Å². The molecule has 2 aromatic carbocycles. The molecule has 2 aromatic rings. The molecule has 0 aromatic heterocycles. The van der Waals surface area contributed by atoms with E-state index < -0.39 is 29.2 Å². The van der Waals surface area contributed by atoms with Crippen LogP contribution >= 0.6 is 12.2 Å². The third-order valence-corrected chi connectivity index (χ3v) is 3.72. The second kappa shape index (κ2) is 7.53. The van der Waals surface area contributed by atoms with E-state index >= 15 is 0 Å². The highest BCUT2D eigenvalue weighted by Crippen LogP contribution is 2.39. The second-order valence-electron chi connectivity index (χ2n) is 5.39. The van der Waals surface area contributed by atoms with Gasteiger partial charge in [0.2, 0.25) is 0 Å². The Morgan fingerprint density at radius 2 is 1.50 bits per heavy atom. The SMILES string of the molecule is CCc1ccc(NC(=S)Nc2cc(C(F)(F)F)ccc2C(F)(F)F)cc1. The lowest BCUT2D eigenvalue weighted by Crippen LogP contribution is -2.22. The molecule has 0 heterocycles. The van der Waals surface area contributed by atoms with Crippen LogP contribution in [0.25, 0.3) is 0 Å². The number of anilines is 2. The van der Waals surface area contributed by atoms with Gasteiger partial charge in [-0.25, -0.2) is 0 Å². The summed E-state index contributed by atoms with van der Waals surface area (Å²) in [7, 11) is 0. The van der Waals surface area contributed by atoms with Crippen molar-refractivity contribution in [2.24, 2.45) is 0 Å². The maximum absolute atomic E-state index is 13.1. The monoisotopic (exact) mass is 392 g/mol. The molecule has 0 aliphatic rings. The van der Waals surface area contributed by atoms with E-state index in [0.29, 0.717) is 23.9 Å². The van der Waals surface area contributed by atoms with Crippen LogP contribution in [0.5, 0.6) is 0 Å². The summed E-state index contributed by atoms with van der Waals surface area (Å²) in [5.41, 5.74) is -1.67. The van der Waals surface area contributed by atoms with Gasteiger partial charge in [-0.05, 0) is 54.5 Å². The predicted molar refractivity (Wildman–Crippen MR) is 92.1 cm³/mol. The highest BCUT2D eigenvalue weighted by atomic mass is 32.1. The summed E-state index contributed by atoms with van der Waals surface area (Å²) in [6.45, 7) is 1.96. The normalized spacial score (nSPS) is 12.0. The number of alkyl halides is 6. The van der Waals surface area contributed by atoms with Crippen LogP contribution in [0.15, 0.2) is 42.5 Å². The second-order valence-corrected chi connectivity index (χ2v) is 5.79. The first kappa shape index (κ1) is 20.0. The number of hydrogen-bond acceptors (Lipinski definition) is 1. The van der Waals surface area contributed by atoms with E-state index in [9.17, 15) is 26.3 Å². The quantitative estimate of drug-likeness (QED) is 0.488. The van der Waals surface area contributed by atoms with Gasteiger partial charge in [-0.15, -0.1) is 0 Å². The molecular weight excluding hydrogens is 378 g/mol. The Labute approximate surface area is 151 Å². The number of benzene rings is 2. The van der Waals surface area contributed by atoms with E-state index in [-0.39, 0.29) is 5.11 Å². The predicted octanol–water partition coefficient (Wildman–Crippen LogP) is 6.10. The van der Waals surface area contributed by atoms with Crippen molar-refractivity contribution in [1.82, 2.24) is 0 Å². The first-order chi connectivity index (χ1) is 12.0. The van der Waals surface area contributed by atoms with Crippen LogP contribution in [0.1, 0.15) is 23.6 Å². The molecule has 0 fully saturated rings. The summed E-state index contributed by atoms with van der Waals surface area (Å²) in [5.74, 6) is 0. The smallest absolute Gasteiger partial charge is 0.332 e. The van der Waals surface area contributed by atoms with Gasteiger partial charge in [-0.1, -0.05) is 19.1 Å². The molecule has 0 radical (unpaired) electrons. The van der Waals surface area contributed by atoms with Gasteiger partial charge in [0.15, 0.2) is 5.11 Å². The molecule has 0 amide bonds. The van der Waals surface area contributed by atoms with Gasteiger partial charge < -0.3 is 10.6 Å². The summed E-state index contributed by atoms with van der Waals surface area (Å²) in [6, 6.07) is 8.09. The van der Waals surface area contributed by atoms with Gasteiger partial charge in [0.25, 0.3) is 0 Å².